The normalized spacial score (nSPS) is 17.6. The molecule has 1 unspecified atom stereocenters. The number of aromatic nitrogens is 1. The van der Waals surface area contributed by atoms with E-state index in [1.165, 1.54) is 22.7 Å². The molecule has 1 atom stereocenters. The summed E-state index contributed by atoms with van der Waals surface area (Å²) in [4.78, 5) is 11.3. The average Bonchev–Trinajstić information content (AvgIpc) is 2.80. The summed E-state index contributed by atoms with van der Waals surface area (Å²) in [6, 6.07) is 8.55. The number of hydrogen-bond acceptors (Lipinski definition) is 4. The van der Waals surface area contributed by atoms with Gasteiger partial charge >= 0.3 is 5.97 Å². The van der Waals surface area contributed by atoms with Crippen molar-refractivity contribution in [3.05, 3.63) is 46.6 Å². The summed E-state index contributed by atoms with van der Waals surface area (Å²) < 4.78 is 4.16. The fourth-order valence-electron chi connectivity index (χ4n) is 2.78. The van der Waals surface area contributed by atoms with Crippen LogP contribution in [0.4, 0.5) is 5.00 Å². The van der Waals surface area contributed by atoms with E-state index in [2.05, 4.69) is 27.9 Å². The minimum absolute atomic E-state index is 0.179. The van der Waals surface area contributed by atoms with Gasteiger partial charge in [-0.1, -0.05) is 24.3 Å². The fourth-order valence-corrected chi connectivity index (χ4v) is 3.62. The molecule has 1 aromatic heterocycles. The van der Waals surface area contributed by atoms with E-state index in [4.69, 9.17) is 0 Å². The summed E-state index contributed by atoms with van der Waals surface area (Å²) in [5.41, 5.74) is 3.52. The van der Waals surface area contributed by atoms with Gasteiger partial charge in [-0.2, -0.15) is 4.37 Å². The molecule has 0 bridgehead atoms. The minimum atomic E-state index is -0.914. The Morgan fingerprint density at radius 3 is 3.05 bits per heavy atom. The third kappa shape index (κ3) is 2.29. The Morgan fingerprint density at radius 1 is 1.45 bits per heavy atom. The third-order valence-corrected chi connectivity index (χ3v) is 4.62. The number of benzene rings is 1. The predicted molar refractivity (Wildman–Crippen MR) is 79.6 cm³/mol. The number of rotatable bonds is 3. The summed E-state index contributed by atoms with van der Waals surface area (Å²) in [6.07, 6.45) is 3.24. The summed E-state index contributed by atoms with van der Waals surface area (Å²) in [7, 11) is 0. The second kappa shape index (κ2) is 5.25. The van der Waals surface area contributed by atoms with Gasteiger partial charge in [0.25, 0.3) is 0 Å². The molecule has 2 aromatic rings. The topological polar surface area (TPSA) is 62.2 Å². The van der Waals surface area contributed by atoms with Crippen LogP contribution in [0.2, 0.25) is 0 Å². The maximum atomic E-state index is 11.3. The first-order valence-electron chi connectivity index (χ1n) is 6.70. The van der Waals surface area contributed by atoms with Gasteiger partial charge in [-0.25, -0.2) is 4.79 Å². The van der Waals surface area contributed by atoms with Gasteiger partial charge in [0, 0.05) is 0 Å². The Labute approximate surface area is 121 Å². The molecule has 2 N–H and O–H groups in total. The van der Waals surface area contributed by atoms with Crippen LogP contribution in [0, 0.1) is 6.92 Å². The number of fused-ring (bicyclic) bond motifs is 1. The van der Waals surface area contributed by atoms with Crippen LogP contribution in [0.15, 0.2) is 24.3 Å². The van der Waals surface area contributed by atoms with E-state index in [1.54, 1.807) is 6.92 Å². The zero-order valence-electron chi connectivity index (χ0n) is 11.2. The van der Waals surface area contributed by atoms with E-state index in [1.807, 2.05) is 6.07 Å². The average molecular weight is 288 g/mol. The Balaban J connectivity index is 1.92. The van der Waals surface area contributed by atoms with Crippen LogP contribution in [0.5, 0.6) is 0 Å². The molecule has 0 radical (unpaired) electrons. The van der Waals surface area contributed by atoms with E-state index < -0.39 is 5.97 Å². The van der Waals surface area contributed by atoms with Crippen molar-refractivity contribution in [2.24, 2.45) is 0 Å². The lowest BCUT2D eigenvalue weighted by Gasteiger charge is -2.26. The number of nitrogens with one attached hydrogen (secondary N) is 1. The lowest BCUT2D eigenvalue weighted by molar-refractivity contribution is 0.0697. The van der Waals surface area contributed by atoms with Crippen LogP contribution in [-0.4, -0.2) is 15.4 Å². The predicted octanol–water partition coefficient (Wildman–Crippen LogP) is 3.64. The van der Waals surface area contributed by atoms with Crippen molar-refractivity contribution in [1.82, 2.24) is 4.37 Å². The highest BCUT2D eigenvalue weighted by Crippen LogP contribution is 2.35. The highest BCUT2D eigenvalue weighted by molar-refractivity contribution is 7.10. The van der Waals surface area contributed by atoms with Gasteiger partial charge in [-0.05, 0) is 48.8 Å². The van der Waals surface area contributed by atoms with Gasteiger partial charge in [-0.15, -0.1) is 0 Å². The first-order chi connectivity index (χ1) is 9.66. The number of carboxylic acids is 1. The quantitative estimate of drug-likeness (QED) is 0.905. The molecule has 0 spiro atoms. The Morgan fingerprint density at radius 2 is 2.25 bits per heavy atom. The smallest absolute Gasteiger partial charge is 0.340 e. The van der Waals surface area contributed by atoms with Crippen molar-refractivity contribution < 1.29 is 9.90 Å². The standard InChI is InChI=1S/C15H16N2O2S/c1-9-13(15(18)19)14(20-17-9)16-12-8-4-6-10-5-2-3-7-11(10)12/h2-3,5,7,12,16H,4,6,8H2,1H3,(H,18,19). The lowest BCUT2D eigenvalue weighted by atomic mass is 9.88. The fraction of sp³-hybridized carbons (Fsp3) is 0.333. The van der Waals surface area contributed by atoms with Crippen LogP contribution < -0.4 is 5.32 Å². The maximum absolute atomic E-state index is 11.3. The molecular weight excluding hydrogens is 272 g/mol. The monoisotopic (exact) mass is 288 g/mol. The summed E-state index contributed by atoms with van der Waals surface area (Å²) in [5, 5.41) is 13.3. The van der Waals surface area contributed by atoms with Crippen molar-refractivity contribution in [2.75, 3.05) is 5.32 Å². The summed E-state index contributed by atoms with van der Waals surface area (Å²) in [6.45, 7) is 1.74. The van der Waals surface area contributed by atoms with E-state index in [0.29, 0.717) is 16.3 Å². The van der Waals surface area contributed by atoms with E-state index >= 15 is 0 Å². The first kappa shape index (κ1) is 13.1. The zero-order valence-corrected chi connectivity index (χ0v) is 12.0. The molecule has 1 aliphatic rings. The van der Waals surface area contributed by atoms with Crippen molar-refractivity contribution >= 4 is 22.5 Å². The van der Waals surface area contributed by atoms with Crippen LogP contribution in [0.1, 0.15) is 46.1 Å². The number of aromatic carboxylic acids is 1. The molecule has 20 heavy (non-hydrogen) atoms. The van der Waals surface area contributed by atoms with Crippen molar-refractivity contribution in [3.63, 3.8) is 0 Å². The minimum Gasteiger partial charge on any atom is -0.478 e. The highest BCUT2D eigenvalue weighted by atomic mass is 32.1. The molecule has 0 aliphatic heterocycles. The molecule has 5 heteroatoms. The van der Waals surface area contributed by atoms with Gasteiger partial charge < -0.3 is 10.4 Å². The number of carboxylic acid groups (broad SMARTS) is 1. The van der Waals surface area contributed by atoms with Crippen LogP contribution in [0.3, 0.4) is 0 Å². The molecule has 0 fully saturated rings. The van der Waals surface area contributed by atoms with Gasteiger partial charge in [0.1, 0.15) is 10.6 Å². The number of nitrogens with zero attached hydrogens (tertiary/aromatic N) is 1. The molecule has 4 nitrogen and oxygen atoms in total. The second-order valence-corrected chi connectivity index (χ2v) is 5.84. The first-order valence-corrected chi connectivity index (χ1v) is 7.48. The van der Waals surface area contributed by atoms with E-state index in [0.717, 1.165) is 19.3 Å². The largest absolute Gasteiger partial charge is 0.478 e. The number of hydrogen-bond donors (Lipinski definition) is 2. The van der Waals surface area contributed by atoms with Gasteiger partial charge in [0.15, 0.2) is 0 Å². The van der Waals surface area contributed by atoms with Gasteiger partial charge in [0.2, 0.25) is 0 Å². The molecule has 0 amide bonds. The molecule has 104 valence electrons. The van der Waals surface area contributed by atoms with Gasteiger partial charge in [-0.3, -0.25) is 0 Å². The molecule has 1 aliphatic carbocycles. The molecule has 1 heterocycles. The number of aryl methyl sites for hydroxylation is 2. The summed E-state index contributed by atoms with van der Waals surface area (Å²) >= 11 is 1.23. The van der Waals surface area contributed by atoms with Gasteiger partial charge in [0.05, 0.1) is 11.7 Å². The van der Waals surface area contributed by atoms with Crippen molar-refractivity contribution in [2.45, 2.75) is 32.2 Å². The maximum Gasteiger partial charge on any atom is 0.340 e. The summed E-state index contributed by atoms with van der Waals surface area (Å²) in [5.74, 6) is -0.914. The molecule has 0 saturated carbocycles. The molecule has 1 aromatic carbocycles. The molecule has 3 rings (SSSR count). The second-order valence-electron chi connectivity index (χ2n) is 5.07. The SMILES string of the molecule is Cc1nsc(NC2CCCc3ccccc32)c1C(=O)O. The Bertz CT molecular complexity index is 651. The van der Waals surface area contributed by atoms with Crippen LogP contribution in [-0.2, 0) is 6.42 Å². The van der Waals surface area contributed by atoms with E-state index in [9.17, 15) is 9.90 Å². The molecule has 0 saturated heterocycles. The molecular formula is C15H16N2O2S. The Kier molecular flexibility index (Phi) is 3.44. The number of carbonyl (C=O) groups is 1. The lowest BCUT2D eigenvalue weighted by Crippen LogP contribution is -2.18. The van der Waals surface area contributed by atoms with E-state index in [-0.39, 0.29) is 6.04 Å². The van der Waals surface area contributed by atoms with Crippen molar-refractivity contribution in [1.29, 1.82) is 0 Å². The third-order valence-electron chi connectivity index (χ3n) is 3.75. The highest BCUT2D eigenvalue weighted by Gasteiger charge is 2.24. The zero-order chi connectivity index (χ0) is 14.1. The number of anilines is 1. The van der Waals surface area contributed by atoms with Crippen molar-refractivity contribution in [3.8, 4) is 0 Å². The van der Waals surface area contributed by atoms with Crippen LogP contribution >= 0.6 is 11.5 Å². The van der Waals surface area contributed by atoms with Crippen LogP contribution in [0.25, 0.3) is 0 Å². The Hall–Kier alpha value is -1.88.